The van der Waals surface area contributed by atoms with E-state index in [1.807, 2.05) is 0 Å². The van der Waals surface area contributed by atoms with E-state index >= 15 is 0 Å². The van der Waals surface area contributed by atoms with Gasteiger partial charge in [0.25, 0.3) is 0 Å². The first kappa shape index (κ1) is 27.6. The summed E-state index contributed by atoms with van der Waals surface area (Å²) in [6, 6.07) is 16.0. The van der Waals surface area contributed by atoms with Gasteiger partial charge >= 0.3 is 19.1 Å². The smallest absolute Gasteiger partial charge is 0.406 e. The molecular formula is C26H14F9NO3. The maximum atomic E-state index is 12.6. The normalized spacial score (nSPS) is 12.2. The number of hydrogen-bond acceptors (Lipinski definition) is 4. The van der Waals surface area contributed by atoms with Crippen LogP contribution < -0.4 is 14.2 Å². The lowest BCUT2D eigenvalue weighted by molar-refractivity contribution is -0.275. The van der Waals surface area contributed by atoms with Crippen molar-refractivity contribution in [3.8, 4) is 50.8 Å². The number of pyridine rings is 1. The van der Waals surface area contributed by atoms with Gasteiger partial charge in [-0.3, -0.25) is 4.98 Å². The summed E-state index contributed by atoms with van der Waals surface area (Å²) < 4.78 is 124. The average Bonchev–Trinajstić information content (AvgIpc) is 2.82. The number of rotatable bonds is 6. The predicted octanol–water partition coefficient (Wildman–Crippen LogP) is 8.78. The van der Waals surface area contributed by atoms with Crippen molar-refractivity contribution in [3.05, 3.63) is 85.1 Å². The Morgan fingerprint density at radius 3 is 1.13 bits per heavy atom. The lowest BCUT2D eigenvalue weighted by Gasteiger charge is -2.15. The van der Waals surface area contributed by atoms with Gasteiger partial charge in [0.2, 0.25) is 0 Å². The number of hydrogen-bond donors (Lipinski definition) is 0. The topological polar surface area (TPSA) is 40.6 Å². The second kappa shape index (κ2) is 10.4. The van der Waals surface area contributed by atoms with Crippen molar-refractivity contribution < 1.29 is 53.7 Å². The van der Waals surface area contributed by atoms with E-state index in [-0.39, 0.29) is 0 Å². The Morgan fingerprint density at radius 2 is 0.769 bits per heavy atom. The summed E-state index contributed by atoms with van der Waals surface area (Å²) in [5.74, 6) is -1.40. The maximum Gasteiger partial charge on any atom is 0.573 e. The molecule has 0 bridgehead atoms. The fraction of sp³-hybridized carbons (Fsp3) is 0.115. The SMILES string of the molecule is FC(F)(F)Oc1ccc(-c2cc(-c3ccc(OC(F)(F)F)cc3)c(-c3ccc(OC(F)(F)F)cc3)cn2)cc1. The Bertz CT molecular complexity index is 1410. The molecule has 204 valence electrons. The molecule has 0 N–H and O–H groups in total. The van der Waals surface area contributed by atoms with Crippen LogP contribution in [0.25, 0.3) is 33.5 Å². The zero-order valence-corrected chi connectivity index (χ0v) is 19.2. The van der Waals surface area contributed by atoms with E-state index in [4.69, 9.17) is 0 Å². The monoisotopic (exact) mass is 559 g/mol. The first-order chi connectivity index (χ1) is 18.2. The zero-order valence-electron chi connectivity index (χ0n) is 19.2. The maximum absolute atomic E-state index is 12.6. The number of nitrogens with zero attached hydrogens (tertiary/aromatic N) is 1. The number of halogens is 9. The third-order valence-electron chi connectivity index (χ3n) is 5.09. The standard InChI is InChI=1S/C26H14F9NO3/c27-24(28,29)37-18-7-1-15(2-8-18)21-13-23(17-5-11-20(12-6-17)39-26(33,34)35)36-14-22(21)16-3-9-19(10-4-16)38-25(30,31)32/h1-14H. The molecule has 0 aliphatic carbocycles. The number of aromatic nitrogens is 1. The van der Waals surface area contributed by atoms with Gasteiger partial charge in [-0.25, -0.2) is 0 Å². The summed E-state index contributed by atoms with van der Waals surface area (Å²) in [6.07, 6.45) is -13.3. The lowest BCUT2D eigenvalue weighted by Crippen LogP contribution is -2.17. The van der Waals surface area contributed by atoms with Crippen LogP contribution >= 0.6 is 0 Å². The highest BCUT2D eigenvalue weighted by Crippen LogP contribution is 2.37. The molecule has 39 heavy (non-hydrogen) atoms. The van der Waals surface area contributed by atoms with Gasteiger partial charge in [0, 0.05) is 17.3 Å². The zero-order chi connectivity index (χ0) is 28.4. The van der Waals surface area contributed by atoms with Gasteiger partial charge in [-0.15, -0.1) is 39.5 Å². The van der Waals surface area contributed by atoms with Gasteiger partial charge in [0.05, 0.1) is 5.69 Å². The molecule has 0 spiro atoms. The van der Waals surface area contributed by atoms with Crippen LogP contribution in [0.4, 0.5) is 39.5 Å². The van der Waals surface area contributed by atoms with Crippen molar-refractivity contribution in [1.82, 2.24) is 4.98 Å². The van der Waals surface area contributed by atoms with Crippen LogP contribution in [0.15, 0.2) is 85.1 Å². The second-order valence-electron chi connectivity index (χ2n) is 7.83. The molecule has 0 radical (unpaired) electrons. The Hall–Kier alpha value is -4.42. The van der Waals surface area contributed by atoms with Crippen molar-refractivity contribution in [2.45, 2.75) is 19.1 Å². The van der Waals surface area contributed by atoms with Crippen LogP contribution in [-0.4, -0.2) is 24.1 Å². The largest absolute Gasteiger partial charge is 0.573 e. The minimum atomic E-state index is -4.90. The molecule has 4 aromatic rings. The van der Waals surface area contributed by atoms with E-state index in [2.05, 4.69) is 19.2 Å². The average molecular weight is 559 g/mol. The van der Waals surface area contributed by atoms with Crippen LogP contribution in [0.5, 0.6) is 17.2 Å². The molecule has 13 heteroatoms. The first-order valence-electron chi connectivity index (χ1n) is 10.7. The molecule has 0 saturated heterocycles. The molecule has 4 rings (SSSR count). The summed E-state index contributed by atoms with van der Waals surface area (Å²) in [5, 5.41) is 0. The minimum Gasteiger partial charge on any atom is -0.406 e. The van der Waals surface area contributed by atoms with Crippen molar-refractivity contribution in [1.29, 1.82) is 0 Å². The van der Waals surface area contributed by atoms with Crippen molar-refractivity contribution in [2.24, 2.45) is 0 Å². The third-order valence-corrected chi connectivity index (χ3v) is 5.09. The van der Waals surface area contributed by atoms with Crippen molar-refractivity contribution in [3.63, 3.8) is 0 Å². The molecule has 1 heterocycles. The minimum absolute atomic E-state index is 0.292. The highest BCUT2D eigenvalue weighted by Gasteiger charge is 2.32. The summed E-state index contributed by atoms with van der Waals surface area (Å²) in [5.41, 5.74) is 2.31. The van der Waals surface area contributed by atoms with Crippen LogP contribution in [-0.2, 0) is 0 Å². The van der Waals surface area contributed by atoms with Crippen LogP contribution in [0.2, 0.25) is 0 Å². The van der Waals surface area contributed by atoms with Gasteiger partial charge < -0.3 is 14.2 Å². The number of ether oxygens (including phenoxy) is 3. The van der Waals surface area contributed by atoms with Gasteiger partial charge in [-0.05, 0) is 71.3 Å². The first-order valence-corrected chi connectivity index (χ1v) is 10.7. The molecule has 1 aromatic heterocycles. The van der Waals surface area contributed by atoms with E-state index in [0.717, 1.165) is 36.4 Å². The quantitative estimate of drug-likeness (QED) is 0.222. The van der Waals surface area contributed by atoms with Gasteiger partial charge in [0.15, 0.2) is 0 Å². The molecule has 0 saturated carbocycles. The van der Waals surface area contributed by atoms with Gasteiger partial charge in [0.1, 0.15) is 17.2 Å². The fourth-order valence-electron chi connectivity index (χ4n) is 3.58. The van der Waals surface area contributed by atoms with Crippen LogP contribution in [0, 0.1) is 0 Å². The molecule has 0 fully saturated rings. The van der Waals surface area contributed by atoms with Gasteiger partial charge in [-0.2, -0.15) is 0 Å². The molecule has 0 aliphatic rings. The highest BCUT2D eigenvalue weighted by molar-refractivity contribution is 5.85. The lowest BCUT2D eigenvalue weighted by atomic mass is 9.94. The predicted molar refractivity (Wildman–Crippen MR) is 121 cm³/mol. The fourth-order valence-corrected chi connectivity index (χ4v) is 3.58. The molecule has 4 nitrogen and oxygen atoms in total. The Kier molecular flexibility index (Phi) is 7.35. The highest BCUT2D eigenvalue weighted by atomic mass is 19.4. The third kappa shape index (κ3) is 7.79. The molecule has 0 amide bonds. The number of benzene rings is 3. The van der Waals surface area contributed by atoms with E-state index in [1.54, 1.807) is 0 Å². The van der Waals surface area contributed by atoms with Crippen molar-refractivity contribution >= 4 is 0 Å². The number of alkyl halides is 9. The molecule has 0 unspecified atom stereocenters. The summed E-state index contributed by atoms with van der Waals surface area (Å²) in [4.78, 5) is 4.32. The Balaban J connectivity index is 1.74. The van der Waals surface area contributed by atoms with Crippen molar-refractivity contribution in [2.75, 3.05) is 0 Å². The molecule has 3 aromatic carbocycles. The molecule has 0 atom stereocenters. The van der Waals surface area contributed by atoms with Gasteiger partial charge in [-0.1, -0.05) is 24.3 Å². The second-order valence-corrected chi connectivity index (χ2v) is 7.83. The van der Waals surface area contributed by atoms with E-state index in [9.17, 15) is 39.5 Å². The molecule has 0 aliphatic heterocycles. The van der Waals surface area contributed by atoms with E-state index < -0.39 is 36.3 Å². The summed E-state index contributed by atoms with van der Waals surface area (Å²) in [7, 11) is 0. The Morgan fingerprint density at radius 1 is 0.436 bits per heavy atom. The van der Waals surface area contributed by atoms with E-state index in [1.165, 1.54) is 48.7 Å². The van der Waals surface area contributed by atoms with Crippen LogP contribution in [0.1, 0.15) is 0 Å². The van der Waals surface area contributed by atoms with Crippen LogP contribution in [0.3, 0.4) is 0 Å². The summed E-state index contributed by atoms with van der Waals surface area (Å²) >= 11 is 0. The molecular weight excluding hydrogens is 545 g/mol. The Labute approximate surface area is 214 Å². The van der Waals surface area contributed by atoms with E-state index in [0.29, 0.717) is 33.5 Å². The summed E-state index contributed by atoms with van der Waals surface area (Å²) in [6.45, 7) is 0.